The molecule has 100 valence electrons. The Morgan fingerprint density at radius 3 is 3.16 bits per heavy atom. The molecule has 0 fully saturated rings. The van der Waals surface area contributed by atoms with Crippen LogP contribution >= 0.6 is 11.3 Å². The Labute approximate surface area is 118 Å². The van der Waals surface area contributed by atoms with Crippen LogP contribution in [0.2, 0.25) is 0 Å². The molecule has 1 aliphatic rings. The van der Waals surface area contributed by atoms with Gasteiger partial charge < -0.3 is 5.32 Å². The second-order valence-corrected chi connectivity index (χ2v) is 6.13. The van der Waals surface area contributed by atoms with E-state index in [1.807, 2.05) is 23.6 Å². The van der Waals surface area contributed by atoms with Gasteiger partial charge >= 0.3 is 0 Å². The van der Waals surface area contributed by atoms with Gasteiger partial charge in [-0.3, -0.25) is 4.98 Å². The molecule has 19 heavy (non-hydrogen) atoms. The lowest BCUT2D eigenvalue weighted by atomic mass is 9.98. The number of thiazole rings is 1. The zero-order valence-electron chi connectivity index (χ0n) is 11.4. The molecular weight excluding hydrogens is 254 g/mol. The minimum Gasteiger partial charge on any atom is -0.309 e. The van der Waals surface area contributed by atoms with Crippen molar-refractivity contribution in [3.8, 4) is 10.7 Å². The summed E-state index contributed by atoms with van der Waals surface area (Å²) in [7, 11) is 0. The lowest BCUT2D eigenvalue weighted by Gasteiger charge is -2.21. The molecular formula is C15H19N3S. The van der Waals surface area contributed by atoms with E-state index >= 15 is 0 Å². The summed E-state index contributed by atoms with van der Waals surface area (Å²) in [6.45, 7) is 5.25. The van der Waals surface area contributed by atoms with Gasteiger partial charge in [-0.05, 0) is 50.4 Å². The number of hydrogen-bond donors (Lipinski definition) is 1. The maximum atomic E-state index is 4.86. The van der Waals surface area contributed by atoms with Gasteiger partial charge in [0.15, 0.2) is 0 Å². The molecule has 1 N–H and O–H groups in total. The van der Waals surface area contributed by atoms with E-state index in [4.69, 9.17) is 4.98 Å². The molecule has 1 atom stereocenters. The van der Waals surface area contributed by atoms with Crippen molar-refractivity contribution in [2.24, 2.45) is 0 Å². The summed E-state index contributed by atoms with van der Waals surface area (Å²) in [5.41, 5.74) is 3.51. The highest BCUT2D eigenvalue weighted by Gasteiger charge is 2.24. The summed E-state index contributed by atoms with van der Waals surface area (Å²) in [4.78, 5) is 10.7. The van der Waals surface area contributed by atoms with Gasteiger partial charge in [-0.1, -0.05) is 6.92 Å². The standard InChI is InChI=1S/C15H19N3S/c1-3-16-11-5-4-6-13-14(11)18-15(19-13)12-9-10(2)7-8-17-12/h7-9,11,16H,3-6H2,1-2H3. The van der Waals surface area contributed by atoms with E-state index in [0.29, 0.717) is 6.04 Å². The molecule has 2 heterocycles. The number of hydrogen-bond acceptors (Lipinski definition) is 4. The third kappa shape index (κ3) is 2.55. The van der Waals surface area contributed by atoms with Gasteiger partial charge in [-0.15, -0.1) is 11.3 Å². The average Bonchev–Trinajstić information content (AvgIpc) is 2.84. The van der Waals surface area contributed by atoms with E-state index in [9.17, 15) is 0 Å². The summed E-state index contributed by atoms with van der Waals surface area (Å²) in [6.07, 6.45) is 5.49. The first-order valence-electron chi connectivity index (χ1n) is 6.94. The van der Waals surface area contributed by atoms with Crippen LogP contribution in [-0.2, 0) is 6.42 Å². The number of nitrogens with one attached hydrogen (secondary N) is 1. The van der Waals surface area contributed by atoms with Gasteiger partial charge in [0.1, 0.15) is 5.01 Å². The number of aryl methyl sites for hydroxylation is 2. The van der Waals surface area contributed by atoms with Crippen LogP contribution in [0.1, 0.15) is 41.9 Å². The van der Waals surface area contributed by atoms with E-state index in [1.54, 1.807) is 0 Å². The van der Waals surface area contributed by atoms with Gasteiger partial charge in [0.25, 0.3) is 0 Å². The molecule has 3 nitrogen and oxygen atoms in total. The lowest BCUT2D eigenvalue weighted by molar-refractivity contribution is 0.465. The van der Waals surface area contributed by atoms with Crippen LogP contribution in [0.15, 0.2) is 18.3 Å². The van der Waals surface area contributed by atoms with Crippen LogP contribution < -0.4 is 5.32 Å². The van der Waals surface area contributed by atoms with Crippen molar-refractivity contribution < 1.29 is 0 Å². The minimum atomic E-state index is 0.434. The molecule has 0 aromatic carbocycles. The Kier molecular flexibility index (Phi) is 3.62. The maximum Gasteiger partial charge on any atom is 0.142 e. The fraction of sp³-hybridized carbons (Fsp3) is 0.467. The van der Waals surface area contributed by atoms with Gasteiger partial charge in [0.2, 0.25) is 0 Å². The van der Waals surface area contributed by atoms with E-state index in [-0.39, 0.29) is 0 Å². The van der Waals surface area contributed by atoms with Gasteiger partial charge in [-0.25, -0.2) is 4.98 Å². The first kappa shape index (κ1) is 12.8. The molecule has 0 spiro atoms. The molecule has 0 radical (unpaired) electrons. The van der Waals surface area contributed by atoms with Gasteiger partial charge in [0, 0.05) is 11.1 Å². The number of nitrogens with zero attached hydrogens (tertiary/aromatic N) is 2. The minimum absolute atomic E-state index is 0.434. The van der Waals surface area contributed by atoms with Crippen LogP contribution in [0.4, 0.5) is 0 Å². The first-order valence-corrected chi connectivity index (χ1v) is 7.75. The summed E-state index contributed by atoms with van der Waals surface area (Å²) in [5.74, 6) is 0. The van der Waals surface area contributed by atoms with Gasteiger partial charge in [0.05, 0.1) is 17.4 Å². The van der Waals surface area contributed by atoms with Crippen molar-refractivity contribution in [2.75, 3.05) is 6.54 Å². The average molecular weight is 273 g/mol. The fourth-order valence-corrected chi connectivity index (χ4v) is 3.76. The SMILES string of the molecule is CCNC1CCCc2sc(-c3cc(C)ccn3)nc21. The zero-order valence-corrected chi connectivity index (χ0v) is 12.3. The lowest BCUT2D eigenvalue weighted by Crippen LogP contribution is -2.24. The predicted octanol–water partition coefficient (Wildman–Crippen LogP) is 3.50. The van der Waals surface area contributed by atoms with Crippen molar-refractivity contribution in [2.45, 2.75) is 39.2 Å². The highest BCUT2D eigenvalue weighted by atomic mass is 32.1. The largest absolute Gasteiger partial charge is 0.309 e. The summed E-state index contributed by atoms with van der Waals surface area (Å²) in [5, 5.41) is 4.61. The number of rotatable bonds is 3. The molecule has 2 aromatic rings. The molecule has 0 saturated carbocycles. The van der Waals surface area contributed by atoms with E-state index in [2.05, 4.69) is 30.2 Å². The molecule has 4 heteroatoms. The monoisotopic (exact) mass is 273 g/mol. The fourth-order valence-electron chi connectivity index (χ4n) is 2.63. The normalized spacial score (nSPS) is 18.3. The second-order valence-electron chi connectivity index (χ2n) is 5.05. The maximum absolute atomic E-state index is 4.86. The van der Waals surface area contributed by atoms with Crippen molar-refractivity contribution in [3.05, 3.63) is 34.5 Å². The van der Waals surface area contributed by atoms with Crippen LogP contribution in [0.5, 0.6) is 0 Å². The van der Waals surface area contributed by atoms with Crippen LogP contribution in [-0.4, -0.2) is 16.5 Å². The van der Waals surface area contributed by atoms with Gasteiger partial charge in [-0.2, -0.15) is 0 Å². The van der Waals surface area contributed by atoms with E-state index in [1.165, 1.54) is 35.4 Å². The number of aromatic nitrogens is 2. The van der Waals surface area contributed by atoms with Crippen LogP contribution in [0, 0.1) is 6.92 Å². The predicted molar refractivity (Wildman–Crippen MR) is 79.4 cm³/mol. The quantitative estimate of drug-likeness (QED) is 0.930. The van der Waals surface area contributed by atoms with E-state index < -0.39 is 0 Å². The molecule has 0 bridgehead atoms. The van der Waals surface area contributed by atoms with Crippen molar-refractivity contribution >= 4 is 11.3 Å². The highest BCUT2D eigenvalue weighted by Crippen LogP contribution is 2.36. The topological polar surface area (TPSA) is 37.8 Å². The second kappa shape index (κ2) is 5.39. The highest BCUT2D eigenvalue weighted by molar-refractivity contribution is 7.15. The zero-order chi connectivity index (χ0) is 13.2. The Morgan fingerprint density at radius 2 is 2.37 bits per heavy atom. The number of pyridine rings is 1. The Bertz CT molecular complexity index is 577. The molecule has 0 saturated heterocycles. The van der Waals surface area contributed by atoms with Crippen molar-refractivity contribution in [3.63, 3.8) is 0 Å². The summed E-state index contributed by atoms with van der Waals surface area (Å²) in [6, 6.07) is 4.58. The molecule has 2 aromatic heterocycles. The summed E-state index contributed by atoms with van der Waals surface area (Å²) < 4.78 is 0. The molecule has 1 unspecified atom stereocenters. The Hall–Kier alpha value is -1.26. The van der Waals surface area contributed by atoms with Crippen molar-refractivity contribution in [1.82, 2.24) is 15.3 Å². The molecule has 1 aliphatic carbocycles. The Morgan fingerprint density at radius 1 is 1.47 bits per heavy atom. The van der Waals surface area contributed by atoms with Crippen LogP contribution in [0.3, 0.4) is 0 Å². The smallest absolute Gasteiger partial charge is 0.142 e. The summed E-state index contributed by atoms with van der Waals surface area (Å²) >= 11 is 1.81. The Balaban J connectivity index is 1.97. The first-order chi connectivity index (χ1) is 9.28. The van der Waals surface area contributed by atoms with Crippen molar-refractivity contribution in [1.29, 1.82) is 0 Å². The van der Waals surface area contributed by atoms with E-state index in [0.717, 1.165) is 17.2 Å². The van der Waals surface area contributed by atoms with Crippen LogP contribution in [0.25, 0.3) is 10.7 Å². The molecule has 3 rings (SSSR count). The molecule has 0 aliphatic heterocycles. The third-order valence-corrected chi connectivity index (χ3v) is 4.69. The third-order valence-electron chi connectivity index (χ3n) is 3.54. The molecule has 0 amide bonds. The number of fused-ring (bicyclic) bond motifs is 1.